The first-order valence-corrected chi connectivity index (χ1v) is 9.30. The number of rotatable bonds is 6. The van der Waals surface area contributed by atoms with E-state index in [1.807, 2.05) is 37.3 Å². The first-order valence-electron chi connectivity index (χ1n) is 9.30. The van der Waals surface area contributed by atoms with Gasteiger partial charge >= 0.3 is 0 Å². The number of anilines is 1. The largest absolute Gasteiger partial charge is 0.497 e. The third-order valence-electron chi connectivity index (χ3n) is 4.46. The van der Waals surface area contributed by atoms with Gasteiger partial charge in [0, 0.05) is 11.3 Å². The maximum absolute atomic E-state index is 12.4. The zero-order valence-corrected chi connectivity index (χ0v) is 16.7. The number of hydrogen-bond acceptors (Lipinski definition) is 3. The molecule has 144 valence electrons. The Morgan fingerprint density at radius 2 is 1.68 bits per heavy atom. The van der Waals surface area contributed by atoms with Gasteiger partial charge in [-0.2, -0.15) is 0 Å². The SMILES string of the molecule is COc1cccc(C(=O)Nc2ccc(Oc3cc(C)ccc3C(C)C)cc2)c1. The quantitative estimate of drug-likeness (QED) is 0.560. The van der Waals surface area contributed by atoms with Crippen LogP contribution >= 0.6 is 0 Å². The Morgan fingerprint density at radius 1 is 0.929 bits per heavy atom. The fraction of sp³-hybridized carbons (Fsp3) is 0.208. The number of carbonyl (C=O) groups excluding carboxylic acids is 1. The van der Waals surface area contributed by atoms with Gasteiger partial charge in [-0.1, -0.05) is 32.0 Å². The van der Waals surface area contributed by atoms with E-state index in [4.69, 9.17) is 9.47 Å². The summed E-state index contributed by atoms with van der Waals surface area (Å²) in [5.74, 6) is 2.43. The molecular weight excluding hydrogens is 350 g/mol. The third kappa shape index (κ3) is 4.71. The molecule has 3 aromatic rings. The van der Waals surface area contributed by atoms with E-state index in [0.717, 1.165) is 17.1 Å². The smallest absolute Gasteiger partial charge is 0.255 e. The number of hydrogen-bond donors (Lipinski definition) is 1. The first-order chi connectivity index (χ1) is 13.5. The number of amides is 1. The van der Waals surface area contributed by atoms with Gasteiger partial charge in [-0.05, 0) is 72.5 Å². The molecule has 1 amide bonds. The summed E-state index contributed by atoms with van der Waals surface area (Å²) in [6.07, 6.45) is 0. The number of aryl methyl sites for hydroxylation is 1. The molecule has 0 saturated heterocycles. The molecule has 0 aromatic heterocycles. The van der Waals surface area contributed by atoms with E-state index in [0.29, 0.717) is 22.9 Å². The summed E-state index contributed by atoms with van der Waals surface area (Å²) in [7, 11) is 1.58. The Kier molecular flexibility index (Phi) is 5.99. The van der Waals surface area contributed by atoms with Gasteiger partial charge in [0.1, 0.15) is 17.2 Å². The van der Waals surface area contributed by atoms with Crippen LogP contribution in [0.15, 0.2) is 66.7 Å². The van der Waals surface area contributed by atoms with Crippen molar-refractivity contribution in [3.63, 3.8) is 0 Å². The van der Waals surface area contributed by atoms with Crippen molar-refractivity contribution in [3.8, 4) is 17.2 Å². The number of methoxy groups -OCH3 is 1. The lowest BCUT2D eigenvalue weighted by Gasteiger charge is -2.15. The highest BCUT2D eigenvalue weighted by Crippen LogP contribution is 2.32. The van der Waals surface area contributed by atoms with Crippen LogP contribution in [0.1, 0.15) is 41.3 Å². The fourth-order valence-electron chi connectivity index (χ4n) is 2.91. The van der Waals surface area contributed by atoms with Crippen molar-refractivity contribution in [2.24, 2.45) is 0 Å². The minimum Gasteiger partial charge on any atom is -0.497 e. The van der Waals surface area contributed by atoms with Gasteiger partial charge < -0.3 is 14.8 Å². The van der Waals surface area contributed by atoms with Gasteiger partial charge in [-0.3, -0.25) is 4.79 Å². The lowest BCUT2D eigenvalue weighted by atomic mass is 10.0. The molecule has 28 heavy (non-hydrogen) atoms. The third-order valence-corrected chi connectivity index (χ3v) is 4.46. The molecule has 0 unspecified atom stereocenters. The van der Waals surface area contributed by atoms with Crippen LogP contribution in [0.5, 0.6) is 17.2 Å². The molecule has 3 rings (SSSR count). The lowest BCUT2D eigenvalue weighted by Crippen LogP contribution is -2.11. The number of nitrogens with one attached hydrogen (secondary N) is 1. The van der Waals surface area contributed by atoms with Crippen molar-refractivity contribution < 1.29 is 14.3 Å². The van der Waals surface area contributed by atoms with Gasteiger partial charge in [0.2, 0.25) is 0 Å². The summed E-state index contributed by atoms with van der Waals surface area (Å²) in [6, 6.07) is 20.7. The van der Waals surface area contributed by atoms with Gasteiger partial charge in [-0.15, -0.1) is 0 Å². The van der Waals surface area contributed by atoms with Gasteiger partial charge in [0.15, 0.2) is 0 Å². The van der Waals surface area contributed by atoms with Gasteiger partial charge in [-0.25, -0.2) is 0 Å². The topological polar surface area (TPSA) is 47.6 Å². The van der Waals surface area contributed by atoms with Crippen molar-refractivity contribution >= 4 is 11.6 Å². The van der Waals surface area contributed by atoms with E-state index in [2.05, 4.69) is 31.3 Å². The highest BCUT2D eigenvalue weighted by molar-refractivity contribution is 6.04. The maximum Gasteiger partial charge on any atom is 0.255 e. The molecule has 0 heterocycles. The predicted molar refractivity (Wildman–Crippen MR) is 113 cm³/mol. The Labute approximate surface area is 166 Å². The number of benzene rings is 3. The molecule has 0 bridgehead atoms. The van der Waals surface area contributed by atoms with Crippen LogP contribution in [-0.4, -0.2) is 13.0 Å². The fourth-order valence-corrected chi connectivity index (χ4v) is 2.91. The zero-order valence-electron chi connectivity index (χ0n) is 16.7. The summed E-state index contributed by atoms with van der Waals surface area (Å²) in [5.41, 5.74) is 3.57. The van der Waals surface area contributed by atoms with E-state index in [1.54, 1.807) is 31.4 Å². The molecule has 0 fully saturated rings. The molecule has 4 heteroatoms. The average molecular weight is 375 g/mol. The average Bonchev–Trinajstić information content (AvgIpc) is 2.69. The Bertz CT molecular complexity index is 962. The first kappa shape index (κ1) is 19.5. The highest BCUT2D eigenvalue weighted by atomic mass is 16.5. The van der Waals surface area contributed by atoms with Crippen molar-refractivity contribution in [2.75, 3.05) is 12.4 Å². The molecule has 0 spiro atoms. The lowest BCUT2D eigenvalue weighted by molar-refractivity contribution is 0.102. The number of ether oxygens (including phenoxy) is 2. The van der Waals surface area contributed by atoms with Crippen LogP contribution in [0.2, 0.25) is 0 Å². The zero-order chi connectivity index (χ0) is 20.1. The van der Waals surface area contributed by atoms with Gasteiger partial charge in [0.25, 0.3) is 5.91 Å². The molecule has 3 aromatic carbocycles. The molecule has 0 aliphatic rings. The molecule has 0 atom stereocenters. The molecule has 0 aliphatic carbocycles. The molecule has 0 radical (unpaired) electrons. The van der Waals surface area contributed by atoms with Gasteiger partial charge in [0.05, 0.1) is 7.11 Å². The second kappa shape index (κ2) is 8.61. The summed E-state index contributed by atoms with van der Waals surface area (Å²) in [6.45, 7) is 6.34. The molecule has 1 N–H and O–H groups in total. The maximum atomic E-state index is 12.4. The van der Waals surface area contributed by atoms with E-state index in [-0.39, 0.29) is 5.91 Å². The van der Waals surface area contributed by atoms with Crippen LogP contribution in [0.25, 0.3) is 0 Å². The molecular formula is C24H25NO3. The Balaban J connectivity index is 1.72. The highest BCUT2D eigenvalue weighted by Gasteiger charge is 2.10. The number of carbonyl (C=O) groups is 1. The van der Waals surface area contributed by atoms with Crippen LogP contribution in [-0.2, 0) is 0 Å². The Morgan fingerprint density at radius 3 is 2.36 bits per heavy atom. The minimum absolute atomic E-state index is 0.187. The minimum atomic E-state index is -0.187. The van der Waals surface area contributed by atoms with E-state index >= 15 is 0 Å². The van der Waals surface area contributed by atoms with Crippen LogP contribution in [0.3, 0.4) is 0 Å². The van der Waals surface area contributed by atoms with E-state index in [1.165, 1.54) is 5.56 Å². The van der Waals surface area contributed by atoms with Crippen molar-refractivity contribution in [2.45, 2.75) is 26.7 Å². The molecule has 0 saturated carbocycles. The molecule has 4 nitrogen and oxygen atoms in total. The summed E-state index contributed by atoms with van der Waals surface area (Å²) in [5, 5.41) is 2.89. The summed E-state index contributed by atoms with van der Waals surface area (Å²) < 4.78 is 11.3. The van der Waals surface area contributed by atoms with E-state index < -0.39 is 0 Å². The van der Waals surface area contributed by atoms with Crippen LogP contribution in [0.4, 0.5) is 5.69 Å². The second-order valence-corrected chi connectivity index (χ2v) is 7.01. The van der Waals surface area contributed by atoms with Crippen molar-refractivity contribution in [1.29, 1.82) is 0 Å². The summed E-state index contributed by atoms with van der Waals surface area (Å²) in [4.78, 5) is 12.4. The standard InChI is InChI=1S/C24H25NO3/c1-16(2)22-13-8-17(3)14-23(22)28-20-11-9-19(10-12-20)25-24(26)18-6-5-7-21(15-18)27-4/h5-16H,1-4H3,(H,25,26). The predicted octanol–water partition coefficient (Wildman–Crippen LogP) is 6.17. The van der Waals surface area contributed by atoms with Crippen molar-refractivity contribution in [3.05, 3.63) is 83.4 Å². The van der Waals surface area contributed by atoms with Crippen LogP contribution in [0, 0.1) is 6.92 Å². The van der Waals surface area contributed by atoms with E-state index in [9.17, 15) is 4.79 Å². The normalized spacial score (nSPS) is 10.6. The second-order valence-electron chi connectivity index (χ2n) is 7.01. The van der Waals surface area contributed by atoms with Crippen molar-refractivity contribution in [1.82, 2.24) is 0 Å². The summed E-state index contributed by atoms with van der Waals surface area (Å²) >= 11 is 0. The molecule has 0 aliphatic heterocycles. The Hall–Kier alpha value is -3.27. The monoisotopic (exact) mass is 375 g/mol. The van der Waals surface area contributed by atoms with Crippen LogP contribution < -0.4 is 14.8 Å².